The summed E-state index contributed by atoms with van der Waals surface area (Å²) in [5, 5.41) is 3.83. The maximum Gasteiger partial charge on any atom is 0.312 e. The van der Waals surface area contributed by atoms with Crippen molar-refractivity contribution in [2.24, 2.45) is 17.3 Å². The van der Waals surface area contributed by atoms with E-state index in [1.165, 1.54) is 6.42 Å². The van der Waals surface area contributed by atoms with E-state index in [0.29, 0.717) is 35.6 Å². The van der Waals surface area contributed by atoms with Gasteiger partial charge in [0, 0.05) is 17.5 Å². The largest absolute Gasteiger partial charge is 0.490 e. The van der Waals surface area contributed by atoms with Crippen LogP contribution >= 0.6 is 11.6 Å². The lowest BCUT2D eigenvalue weighted by atomic mass is 9.47. The Bertz CT molecular complexity index is 718. The van der Waals surface area contributed by atoms with Gasteiger partial charge in [-0.2, -0.15) is 0 Å². The number of amides is 1. The van der Waals surface area contributed by atoms with Gasteiger partial charge in [0.05, 0.1) is 5.41 Å². The van der Waals surface area contributed by atoms with Crippen molar-refractivity contribution < 1.29 is 19.1 Å². The van der Waals surface area contributed by atoms with Crippen LogP contribution in [0.15, 0.2) is 24.3 Å². The number of rotatable bonds is 6. The predicted octanol–water partition coefficient (Wildman–Crippen LogP) is 3.74. The van der Waals surface area contributed by atoms with E-state index in [4.69, 9.17) is 21.1 Å². The fourth-order valence-electron chi connectivity index (χ4n) is 6.00. The first-order valence-electron chi connectivity index (χ1n) is 9.73. The topological polar surface area (TPSA) is 64.6 Å². The molecule has 1 aromatic rings. The van der Waals surface area contributed by atoms with Gasteiger partial charge in [0.15, 0.2) is 0 Å². The minimum absolute atomic E-state index is 0.00293. The Kier molecular flexibility index (Phi) is 4.83. The molecule has 0 radical (unpaired) electrons. The van der Waals surface area contributed by atoms with Crippen LogP contribution in [0.5, 0.6) is 5.75 Å². The molecule has 4 saturated carbocycles. The number of hydrogen-bond acceptors (Lipinski definition) is 4. The molecule has 0 heterocycles. The van der Waals surface area contributed by atoms with Gasteiger partial charge in [-0.1, -0.05) is 11.6 Å². The Morgan fingerprint density at radius 2 is 1.78 bits per heavy atom. The number of ether oxygens (including phenoxy) is 2. The molecule has 4 aliphatic carbocycles. The Hall–Kier alpha value is -1.75. The van der Waals surface area contributed by atoms with E-state index < -0.39 is 5.41 Å². The zero-order chi connectivity index (χ0) is 19.1. The van der Waals surface area contributed by atoms with Gasteiger partial charge in [-0.3, -0.25) is 9.59 Å². The highest BCUT2D eigenvalue weighted by Crippen LogP contribution is 2.62. The van der Waals surface area contributed by atoms with Crippen molar-refractivity contribution in [1.29, 1.82) is 0 Å². The van der Waals surface area contributed by atoms with Crippen molar-refractivity contribution >= 4 is 23.5 Å². The average molecular weight is 392 g/mol. The van der Waals surface area contributed by atoms with Gasteiger partial charge < -0.3 is 14.8 Å². The first-order chi connectivity index (χ1) is 12.9. The van der Waals surface area contributed by atoms with E-state index in [0.717, 1.165) is 25.7 Å². The third kappa shape index (κ3) is 3.79. The third-order valence-corrected chi connectivity index (χ3v) is 6.59. The molecule has 1 amide bonds. The van der Waals surface area contributed by atoms with Crippen molar-refractivity contribution in [3.63, 3.8) is 0 Å². The zero-order valence-corrected chi connectivity index (χ0v) is 16.4. The molecule has 1 N–H and O–H groups in total. The fraction of sp³-hybridized carbons (Fsp3) is 0.619. The fourth-order valence-corrected chi connectivity index (χ4v) is 6.12. The molecule has 4 bridgehead atoms. The molecule has 2 atom stereocenters. The number of benzene rings is 1. The van der Waals surface area contributed by atoms with E-state index in [2.05, 4.69) is 5.32 Å². The molecular formula is C21H26ClNO4. The van der Waals surface area contributed by atoms with E-state index in [-0.39, 0.29) is 24.0 Å². The van der Waals surface area contributed by atoms with Gasteiger partial charge in [0.25, 0.3) is 0 Å². The Balaban J connectivity index is 1.35. The molecular weight excluding hydrogens is 366 g/mol. The second-order valence-corrected chi connectivity index (χ2v) is 9.08. The highest BCUT2D eigenvalue weighted by Gasteiger charge is 2.61. The maximum absolute atomic E-state index is 13.0. The predicted molar refractivity (Wildman–Crippen MR) is 102 cm³/mol. The lowest BCUT2D eigenvalue weighted by Crippen LogP contribution is -2.64. The third-order valence-electron chi connectivity index (χ3n) is 6.33. The van der Waals surface area contributed by atoms with Crippen molar-refractivity contribution in [3.05, 3.63) is 29.3 Å². The molecule has 0 saturated heterocycles. The number of carbonyl (C=O) groups is 2. The van der Waals surface area contributed by atoms with Crippen molar-refractivity contribution in [2.45, 2.75) is 51.0 Å². The SMILES string of the molecule is CC(=O)NC12CC3CC(C1)CC(C(=O)OCCOc1ccc(Cl)cc1)(C3)C2. The second kappa shape index (κ2) is 7.01. The van der Waals surface area contributed by atoms with Crippen LogP contribution < -0.4 is 10.1 Å². The summed E-state index contributed by atoms with van der Waals surface area (Å²) in [5.74, 6) is 1.60. The number of hydrogen-bond donors (Lipinski definition) is 1. The summed E-state index contributed by atoms with van der Waals surface area (Å²) >= 11 is 5.86. The van der Waals surface area contributed by atoms with Gasteiger partial charge >= 0.3 is 5.97 Å². The molecule has 1 aromatic carbocycles. The summed E-state index contributed by atoms with van der Waals surface area (Å²) in [7, 11) is 0. The van der Waals surface area contributed by atoms with Crippen LogP contribution in [-0.4, -0.2) is 30.6 Å². The minimum Gasteiger partial charge on any atom is -0.490 e. The smallest absolute Gasteiger partial charge is 0.312 e. The molecule has 5 rings (SSSR count). The lowest BCUT2D eigenvalue weighted by molar-refractivity contribution is -0.176. The van der Waals surface area contributed by atoms with Crippen LogP contribution in [-0.2, 0) is 14.3 Å². The van der Waals surface area contributed by atoms with E-state index in [1.807, 2.05) is 0 Å². The highest BCUT2D eigenvalue weighted by atomic mass is 35.5. The summed E-state index contributed by atoms with van der Waals surface area (Å²) in [6.45, 7) is 2.11. The summed E-state index contributed by atoms with van der Waals surface area (Å²) in [6.07, 6.45) is 5.67. The number of esters is 1. The molecule has 6 heteroatoms. The minimum atomic E-state index is -0.438. The molecule has 5 nitrogen and oxygen atoms in total. The molecule has 146 valence electrons. The average Bonchev–Trinajstić information content (AvgIpc) is 2.57. The van der Waals surface area contributed by atoms with Crippen molar-refractivity contribution in [2.75, 3.05) is 13.2 Å². The molecule has 4 fully saturated rings. The monoisotopic (exact) mass is 391 g/mol. The van der Waals surface area contributed by atoms with E-state index in [1.54, 1.807) is 31.2 Å². The van der Waals surface area contributed by atoms with Crippen LogP contribution in [0.3, 0.4) is 0 Å². The second-order valence-electron chi connectivity index (χ2n) is 8.64. The van der Waals surface area contributed by atoms with Gasteiger partial charge in [0.1, 0.15) is 19.0 Å². The quantitative estimate of drug-likeness (QED) is 0.592. The molecule has 0 spiro atoms. The van der Waals surface area contributed by atoms with Gasteiger partial charge in [-0.25, -0.2) is 0 Å². The Morgan fingerprint density at radius 1 is 1.11 bits per heavy atom. The lowest BCUT2D eigenvalue weighted by Gasteiger charge is -2.60. The number of carbonyl (C=O) groups excluding carboxylic acids is 2. The van der Waals surface area contributed by atoms with Crippen LogP contribution in [0.4, 0.5) is 0 Å². The molecule has 0 aliphatic heterocycles. The molecule has 4 aliphatic rings. The van der Waals surface area contributed by atoms with Crippen LogP contribution in [0.2, 0.25) is 5.02 Å². The van der Waals surface area contributed by atoms with Gasteiger partial charge in [0.2, 0.25) is 5.91 Å². The molecule has 0 aromatic heterocycles. The summed E-state index contributed by atoms with van der Waals surface area (Å²) in [4.78, 5) is 24.7. The Morgan fingerprint density at radius 3 is 2.41 bits per heavy atom. The van der Waals surface area contributed by atoms with Crippen LogP contribution in [0, 0.1) is 17.3 Å². The first-order valence-corrected chi connectivity index (χ1v) is 10.1. The molecule has 27 heavy (non-hydrogen) atoms. The standard InChI is InChI=1S/C21H26ClNO4/c1-14(24)23-21-11-15-8-16(12-21)10-20(9-15,13-21)19(25)27-7-6-26-18-4-2-17(22)3-5-18/h2-5,15-16H,6-13H2,1H3,(H,23,24). The van der Waals surface area contributed by atoms with E-state index >= 15 is 0 Å². The Labute approximate surface area is 164 Å². The highest BCUT2D eigenvalue weighted by molar-refractivity contribution is 6.30. The van der Waals surface area contributed by atoms with Crippen LogP contribution in [0.1, 0.15) is 45.4 Å². The first kappa shape index (κ1) is 18.6. The number of halogens is 1. The van der Waals surface area contributed by atoms with Gasteiger partial charge in [-0.05, 0) is 74.6 Å². The summed E-state index contributed by atoms with van der Waals surface area (Å²) in [5.41, 5.74) is -0.651. The normalized spacial score (nSPS) is 33.6. The zero-order valence-electron chi connectivity index (χ0n) is 15.6. The van der Waals surface area contributed by atoms with Gasteiger partial charge in [-0.15, -0.1) is 0 Å². The van der Waals surface area contributed by atoms with Crippen LogP contribution in [0.25, 0.3) is 0 Å². The molecule has 2 unspecified atom stereocenters. The van der Waals surface area contributed by atoms with Crippen molar-refractivity contribution in [1.82, 2.24) is 5.32 Å². The van der Waals surface area contributed by atoms with E-state index in [9.17, 15) is 9.59 Å². The number of nitrogens with one attached hydrogen (secondary N) is 1. The summed E-state index contributed by atoms with van der Waals surface area (Å²) in [6, 6.07) is 7.11. The summed E-state index contributed by atoms with van der Waals surface area (Å²) < 4.78 is 11.2. The maximum atomic E-state index is 13.0. The van der Waals surface area contributed by atoms with Crippen molar-refractivity contribution in [3.8, 4) is 5.75 Å².